The van der Waals surface area contributed by atoms with E-state index in [4.69, 9.17) is 14.2 Å². The molecule has 0 fully saturated rings. The van der Waals surface area contributed by atoms with Gasteiger partial charge in [0.1, 0.15) is 11.5 Å². The van der Waals surface area contributed by atoms with Gasteiger partial charge in [-0.15, -0.1) is 0 Å². The van der Waals surface area contributed by atoms with E-state index in [1.165, 1.54) is 0 Å². The molecule has 5 nitrogen and oxygen atoms in total. The van der Waals surface area contributed by atoms with Gasteiger partial charge in [0, 0.05) is 5.57 Å². The number of hydrogen-bond donors (Lipinski definition) is 0. The lowest BCUT2D eigenvalue weighted by molar-refractivity contribution is -0.158. The number of rotatable bonds is 6. The molecule has 3 rings (SSSR count). The van der Waals surface area contributed by atoms with Gasteiger partial charge in [0.05, 0.1) is 19.3 Å². The Morgan fingerprint density at radius 3 is 2.26 bits per heavy atom. The van der Waals surface area contributed by atoms with Crippen molar-refractivity contribution in [2.24, 2.45) is 0 Å². The first-order valence-corrected chi connectivity index (χ1v) is 8.64. The monoisotopic (exact) mass is 368 g/mol. The molecule has 2 aliphatic carbocycles. The third-order valence-electron chi connectivity index (χ3n) is 3.96. The smallest absolute Gasteiger partial charge is 0.349 e. The molecule has 1 aromatic carbocycles. The maximum Gasteiger partial charge on any atom is 0.349 e. The second-order valence-electron chi connectivity index (χ2n) is 6.35. The molecule has 0 atom stereocenters. The fourth-order valence-electron chi connectivity index (χ4n) is 2.49. The number of benzene rings is 1. The molecule has 0 saturated heterocycles. The van der Waals surface area contributed by atoms with E-state index in [1.807, 2.05) is 12.1 Å². The number of allylic oxidation sites excluding steroid dienone is 5. The molecule has 0 spiro atoms. The minimum Gasteiger partial charge on any atom is -0.496 e. The Labute approximate surface area is 159 Å². The molecule has 2 aliphatic rings. The number of methoxy groups -OCH3 is 1. The molecule has 0 aliphatic heterocycles. The summed E-state index contributed by atoms with van der Waals surface area (Å²) in [4.78, 5) is 22.7. The highest BCUT2D eigenvalue weighted by Gasteiger charge is 2.31. The number of ether oxygens (including phenoxy) is 3. The van der Waals surface area contributed by atoms with Gasteiger partial charge in [-0.2, -0.15) is 0 Å². The van der Waals surface area contributed by atoms with Gasteiger partial charge >= 0.3 is 5.97 Å². The van der Waals surface area contributed by atoms with E-state index in [2.05, 4.69) is 6.58 Å². The van der Waals surface area contributed by atoms with Gasteiger partial charge in [-0.25, -0.2) is 4.79 Å². The van der Waals surface area contributed by atoms with Gasteiger partial charge in [-0.05, 0) is 50.6 Å². The number of esters is 1. The van der Waals surface area contributed by atoms with E-state index in [0.717, 1.165) is 11.1 Å². The normalized spacial score (nSPS) is 14.4. The Bertz CT molecular complexity index is 823. The highest BCUT2D eigenvalue weighted by molar-refractivity contribution is 6.18. The first-order valence-electron chi connectivity index (χ1n) is 8.64. The van der Waals surface area contributed by atoms with Gasteiger partial charge < -0.3 is 14.2 Å². The highest BCUT2D eigenvalue weighted by atomic mass is 16.6. The van der Waals surface area contributed by atoms with E-state index < -0.39 is 5.60 Å². The van der Waals surface area contributed by atoms with Gasteiger partial charge in [0.15, 0.2) is 11.4 Å². The van der Waals surface area contributed by atoms with Crippen molar-refractivity contribution >= 4 is 17.8 Å². The van der Waals surface area contributed by atoms with Crippen molar-refractivity contribution in [3.63, 3.8) is 0 Å². The lowest BCUT2D eigenvalue weighted by atomic mass is 10.1. The molecule has 27 heavy (non-hydrogen) atoms. The number of carbonyl (C=O) groups is 2. The fourth-order valence-corrected chi connectivity index (χ4v) is 2.49. The minimum atomic E-state index is -0.980. The predicted octanol–water partition coefficient (Wildman–Crippen LogP) is 4.02. The van der Waals surface area contributed by atoms with Crippen LogP contribution in [0.4, 0.5) is 0 Å². The Morgan fingerprint density at radius 1 is 1.19 bits per heavy atom. The topological polar surface area (TPSA) is 61.8 Å². The Balaban J connectivity index is 0.000000219. The summed E-state index contributed by atoms with van der Waals surface area (Å²) in [5.74, 6) is 1.06. The van der Waals surface area contributed by atoms with Crippen molar-refractivity contribution in [1.82, 2.24) is 0 Å². The Morgan fingerprint density at radius 2 is 1.85 bits per heavy atom. The first kappa shape index (κ1) is 20.2. The van der Waals surface area contributed by atoms with Crippen LogP contribution in [0.3, 0.4) is 0 Å². The molecule has 0 heterocycles. The fraction of sp³-hybridized carbons (Fsp3) is 0.273. The molecule has 142 valence electrons. The molecule has 0 amide bonds. The molecule has 0 aromatic heterocycles. The van der Waals surface area contributed by atoms with Crippen LogP contribution in [-0.4, -0.2) is 31.1 Å². The molecular weight excluding hydrogens is 344 g/mol. The zero-order valence-corrected chi connectivity index (χ0v) is 16.1. The van der Waals surface area contributed by atoms with Crippen molar-refractivity contribution in [2.45, 2.75) is 26.4 Å². The summed E-state index contributed by atoms with van der Waals surface area (Å²) < 4.78 is 15.5. The first-order chi connectivity index (χ1) is 12.8. The molecule has 1 aromatic rings. The standard InChI is InChI=1S/C14H18O3.C8H6O2/c1-5-11-7-9-12(10-8-11)17-14(3,4)13(15)16-6-2;1-10-7-4-5-2-3-6(7)8(5)9/h5,7-10H,1,6H2,2-4H3;2-4H,1H3. The van der Waals surface area contributed by atoms with Crippen LogP contribution in [0.1, 0.15) is 26.3 Å². The molecule has 0 saturated carbocycles. The third-order valence-corrected chi connectivity index (χ3v) is 3.96. The lowest BCUT2D eigenvalue weighted by Crippen LogP contribution is -2.39. The van der Waals surface area contributed by atoms with Crippen molar-refractivity contribution < 1.29 is 23.8 Å². The van der Waals surface area contributed by atoms with E-state index in [9.17, 15) is 9.59 Å². The molecule has 0 unspecified atom stereocenters. The van der Waals surface area contributed by atoms with Crippen LogP contribution in [-0.2, 0) is 19.1 Å². The predicted molar refractivity (Wildman–Crippen MR) is 104 cm³/mol. The average Bonchev–Trinajstić information content (AvgIpc) is 3.17. The SMILES string of the molecule is C=Cc1ccc(OC(C)(C)C(=O)OCC)cc1.COC1=C2C=CC(=C1)C2=O. The van der Waals surface area contributed by atoms with Gasteiger partial charge in [0.25, 0.3) is 0 Å². The van der Waals surface area contributed by atoms with Crippen LogP contribution in [0.2, 0.25) is 0 Å². The quantitative estimate of drug-likeness (QED) is 0.710. The summed E-state index contributed by atoms with van der Waals surface area (Å²) in [6.45, 7) is 9.17. The molecule has 2 bridgehead atoms. The molecule has 5 heteroatoms. The summed E-state index contributed by atoms with van der Waals surface area (Å²) in [6, 6.07) is 7.36. The van der Waals surface area contributed by atoms with Crippen LogP contribution in [0.25, 0.3) is 6.08 Å². The van der Waals surface area contributed by atoms with Crippen molar-refractivity contribution in [1.29, 1.82) is 0 Å². The molecule has 0 N–H and O–H groups in total. The molecule has 0 radical (unpaired) electrons. The Hall–Kier alpha value is -3.08. The van der Waals surface area contributed by atoms with E-state index in [0.29, 0.717) is 23.7 Å². The minimum absolute atomic E-state index is 0.0943. The van der Waals surface area contributed by atoms with Gasteiger partial charge in [0.2, 0.25) is 0 Å². The van der Waals surface area contributed by atoms with Crippen molar-refractivity contribution in [2.75, 3.05) is 13.7 Å². The zero-order chi connectivity index (χ0) is 20.0. The maximum absolute atomic E-state index is 11.6. The van der Waals surface area contributed by atoms with E-state index in [-0.39, 0.29) is 11.8 Å². The number of ketones is 1. The van der Waals surface area contributed by atoms with E-state index in [1.54, 1.807) is 64.3 Å². The number of hydrogen-bond acceptors (Lipinski definition) is 5. The maximum atomic E-state index is 11.6. The van der Waals surface area contributed by atoms with Gasteiger partial charge in [-0.1, -0.05) is 30.9 Å². The van der Waals surface area contributed by atoms with E-state index >= 15 is 0 Å². The van der Waals surface area contributed by atoms with Crippen molar-refractivity contribution in [3.8, 4) is 5.75 Å². The summed E-state index contributed by atoms with van der Waals surface area (Å²) in [5.41, 5.74) is 1.46. The number of fused-ring (bicyclic) bond motifs is 2. The lowest BCUT2D eigenvalue weighted by Gasteiger charge is -2.24. The van der Waals surface area contributed by atoms with Crippen LogP contribution >= 0.6 is 0 Å². The third kappa shape index (κ3) is 4.76. The van der Waals surface area contributed by atoms with Crippen molar-refractivity contribution in [3.05, 3.63) is 71.5 Å². The summed E-state index contributed by atoms with van der Waals surface area (Å²) in [5, 5.41) is 0. The van der Waals surface area contributed by atoms with Crippen LogP contribution in [0.15, 0.2) is 66.0 Å². The van der Waals surface area contributed by atoms with Crippen LogP contribution in [0.5, 0.6) is 5.75 Å². The number of Topliss-reactive ketones (excluding diaryl/α,β-unsaturated/α-hetero) is 1. The summed E-state index contributed by atoms with van der Waals surface area (Å²) in [6.07, 6.45) is 7.11. The number of carbonyl (C=O) groups excluding carboxylic acids is 2. The average molecular weight is 368 g/mol. The zero-order valence-electron chi connectivity index (χ0n) is 16.1. The van der Waals surface area contributed by atoms with Gasteiger partial charge in [-0.3, -0.25) is 4.79 Å². The summed E-state index contributed by atoms with van der Waals surface area (Å²) in [7, 11) is 1.57. The van der Waals surface area contributed by atoms with Crippen LogP contribution < -0.4 is 4.74 Å². The highest BCUT2D eigenvalue weighted by Crippen LogP contribution is 2.30. The second-order valence-corrected chi connectivity index (χ2v) is 6.35. The van der Waals surface area contributed by atoms with Crippen LogP contribution in [0, 0.1) is 0 Å². The molecular formula is C22H24O5. The largest absolute Gasteiger partial charge is 0.496 e. The second kappa shape index (κ2) is 8.54. The Kier molecular flexibility index (Phi) is 6.40. The summed E-state index contributed by atoms with van der Waals surface area (Å²) >= 11 is 0.